The molecular formula is C112H149FN2O16. The molecule has 0 amide bonds. The fourth-order valence-electron chi connectivity index (χ4n) is 17.9. The van der Waals surface area contributed by atoms with E-state index in [4.69, 9.17) is 45.1 Å². The SMILES string of the molecule is C=C(C)C(=O)OC1(C)CC(C)(C)c2ccccc21.C=C(C)C(=O)OC1(C)CC(C)(C)c2ccccc21.C=C(C)C(=O)OC1(C)CC(C)(C)c2ccccc21.C=C(C)C(=O)OC1(C)CC(C)(C)c2ccccc21.C=C(C)C(=O)OC1(C)CC(C)(C)c2ccccc21.C=C(C)C(=O)OC1(C)c2ccccc2CC1(C)C.CC.CF.COC(C)=O.C[N+](=O)[O-].Cc1ccccc1.[C-]#[N+]C. The summed E-state index contributed by atoms with van der Waals surface area (Å²) in [5, 5.41) is 8.81. The predicted molar refractivity (Wildman–Crippen MR) is 527 cm³/mol. The summed E-state index contributed by atoms with van der Waals surface area (Å²) in [7, 11) is 4.16. The van der Waals surface area contributed by atoms with E-state index in [-0.39, 0.29) is 74.3 Å². The van der Waals surface area contributed by atoms with Gasteiger partial charge in [-0.2, -0.15) is 0 Å². The second-order valence-electron chi connectivity index (χ2n) is 39.0. The van der Waals surface area contributed by atoms with Crippen LogP contribution < -0.4 is 0 Å². The predicted octanol–water partition coefficient (Wildman–Crippen LogP) is 26.3. The number of halogens is 1. The number of esters is 7. The van der Waals surface area contributed by atoms with Gasteiger partial charge in [0.25, 0.3) is 0 Å². The van der Waals surface area contributed by atoms with Crippen LogP contribution in [0.25, 0.3) is 4.85 Å². The molecule has 6 aliphatic rings. The largest absolute Gasteiger partial charge is 0.469 e. The third-order valence-electron chi connectivity index (χ3n) is 23.7. The Morgan fingerprint density at radius 1 is 0.344 bits per heavy atom. The fraction of sp³-hybridized carbons (Fsp3) is 0.446. The normalized spacial score (nSPS) is 21.2. The molecule has 13 rings (SSSR count). The molecule has 0 aromatic heterocycles. The molecule has 710 valence electrons. The summed E-state index contributed by atoms with van der Waals surface area (Å²) in [5.74, 6) is -2.14. The molecule has 0 aliphatic heterocycles. The van der Waals surface area contributed by atoms with Gasteiger partial charge in [-0.15, -0.1) is 0 Å². The van der Waals surface area contributed by atoms with Crippen molar-refractivity contribution in [1.29, 1.82) is 0 Å². The topological polar surface area (TPSA) is 232 Å². The molecule has 7 aromatic rings. The van der Waals surface area contributed by atoms with Crippen molar-refractivity contribution in [3.63, 3.8) is 0 Å². The highest BCUT2D eigenvalue weighted by atomic mass is 19.1. The van der Waals surface area contributed by atoms with Gasteiger partial charge < -0.3 is 38.0 Å². The van der Waals surface area contributed by atoms with E-state index < -0.39 is 38.5 Å². The minimum Gasteiger partial charge on any atom is -0.469 e. The van der Waals surface area contributed by atoms with Gasteiger partial charge in [0.2, 0.25) is 7.05 Å². The second-order valence-corrected chi connectivity index (χ2v) is 39.0. The van der Waals surface area contributed by atoms with E-state index in [2.05, 4.69) is 224 Å². The monoisotopic (exact) mass is 1800 g/mol. The summed E-state index contributed by atoms with van der Waals surface area (Å²) in [4.78, 5) is 91.5. The first-order valence-electron chi connectivity index (χ1n) is 44.1. The number of carbonyl (C=O) groups excluding carboxylic acids is 7. The lowest BCUT2D eigenvalue weighted by molar-refractivity contribution is -0.445. The van der Waals surface area contributed by atoms with E-state index >= 15 is 0 Å². The van der Waals surface area contributed by atoms with Crippen LogP contribution in [0.2, 0.25) is 0 Å². The van der Waals surface area contributed by atoms with E-state index in [1.807, 2.05) is 146 Å². The molecule has 0 N–H and O–H groups in total. The Morgan fingerprint density at radius 3 is 0.672 bits per heavy atom. The van der Waals surface area contributed by atoms with Gasteiger partial charge in [-0.25, -0.2) is 35.3 Å². The molecule has 19 heteroatoms. The minimum atomic E-state index is -0.584. The highest BCUT2D eigenvalue weighted by Crippen LogP contribution is 2.56. The van der Waals surface area contributed by atoms with Crippen molar-refractivity contribution in [2.24, 2.45) is 5.41 Å². The number of nitro groups is 1. The van der Waals surface area contributed by atoms with E-state index in [1.54, 1.807) is 41.5 Å². The summed E-state index contributed by atoms with van der Waals surface area (Å²) in [6.45, 7) is 83.3. The van der Waals surface area contributed by atoms with Crippen LogP contribution in [0.3, 0.4) is 0 Å². The molecule has 0 radical (unpaired) electrons. The van der Waals surface area contributed by atoms with Gasteiger partial charge in [0.1, 0.15) is 33.6 Å². The highest BCUT2D eigenvalue weighted by Gasteiger charge is 2.54. The lowest BCUT2D eigenvalue weighted by Crippen LogP contribution is -2.40. The van der Waals surface area contributed by atoms with E-state index in [0.29, 0.717) is 40.6 Å². The molecule has 0 saturated carbocycles. The van der Waals surface area contributed by atoms with Gasteiger partial charge in [-0.3, -0.25) is 19.3 Å². The molecule has 0 fully saturated rings. The first-order valence-corrected chi connectivity index (χ1v) is 44.1. The van der Waals surface area contributed by atoms with Crippen LogP contribution in [0.4, 0.5) is 4.39 Å². The molecule has 6 aliphatic carbocycles. The molecule has 18 nitrogen and oxygen atoms in total. The van der Waals surface area contributed by atoms with Gasteiger partial charge in [-0.05, 0) is 190 Å². The number of methoxy groups -OCH3 is 1. The average molecular weight is 1800 g/mol. The van der Waals surface area contributed by atoms with E-state index in [9.17, 15) is 38.0 Å². The van der Waals surface area contributed by atoms with E-state index in [1.165, 1.54) is 60.0 Å². The number of hydrogen-bond donors (Lipinski definition) is 0. The zero-order valence-electron chi connectivity index (χ0n) is 84.5. The number of carbonyl (C=O) groups is 7. The molecular weight excluding hydrogens is 1650 g/mol. The summed E-state index contributed by atoms with van der Waals surface area (Å²) in [5.41, 5.74) is 15.0. The minimum absolute atomic E-state index is 0.0285. The molecule has 0 spiro atoms. The van der Waals surface area contributed by atoms with Crippen molar-refractivity contribution in [2.75, 3.05) is 28.4 Å². The number of rotatable bonds is 12. The number of nitrogens with zero attached hydrogens (tertiary/aromatic N) is 2. The Morgan fingerprint density at radius 2 is 0.504 bits per heavy atom. The Kier molecular flexibility index (Phi) is 42.0. The summed E-state index contributed by atoms with van der Waals surface area (Å²) in [6, 6.07) is 59.4. The number of fused-ring (bicyclic) bond motifs is 6. The van der Waals surface area contributed by atoms with E-state index in [0.717, 1.165) is 79.0 Å². The lowest BCUT2D eigenvalue weighted by atomic mass is 9.76. The smallest absolute Gasteiger partial charge is 0.334 e. The third-order valence-corrected chi connectivity index (χ3v) is 23.7. The van der Waals surface area contributed by atoms with Crippen LogP contribution in [-0.2, 0) is 134 Å². The van der Waals surface area contributed by atoms with Crippen LogP contribution in [0.15, 0.2) is 249 Å². The molecule has 131 heavy (non-hydrogen) atoms. The summed E-state index contributed by atoms with van der Waals surface area (Å²) >= 11 is 0. The molecule has 6 unspecified atom stereocenters. The van der Waals surface area contributed by atoms with Crippen molar-refractivity contribution in [3.05, 3.63) is 343 Å². The second kappa shape index (κ2) is 47.8. The molecule has 0 saturated heterocycles. The first kappa shape index (κ1) is 115. The van der Waals surface area contributed by atoms with Crippen LogP contribution in [0, 0.1) is 29.0 Å². The number of aryl methyl sites for hydroxylation is 1. The Labute approximate surface area is 783 Å². The highest BCUT2D eigenvalue weighted by molar-refractivity contribution is 5.90. The van der Waals surface area contributed by atoms with Gasteiger partial charge in [0.15, 0.2) is 7.05 Å². The summed E-state index contributed by atoms with van der Waals surface area (Å²) in [6.07, 6.45) is 4.94. The van der Waals surface area contributed by atoms with Crippen molar-refractivity contribution < 1.29 is 76.0 Å². The summed E-state index contributed by atoms with van der Waals surface area (Å²) < 4.78 is 47.8. The van der Waals surface area contributed by atoms with Crippen molar-refractivity contribution in [3.8, 4) is 0 Å². The molecule has 7 aromatic carbocycles. The zero-order valence-corrected chi connectivity index (χ0v) is 84.5. The third kappa shape index (κ3) is 30.6. The van der Waals surface area contributed by atoms with Crippen molar-refractivity contribution in [1.82, 2.24) is 0 Å². The van der Waals surface area contributed by atoms with Gasteiger partial charge in [0.05, 0.1) is 14.3 Å². The first-order chi connectivity index (χ1) is 60.4. The number of ether oxygens (including phenoxy) is 7. The molecule has 0 bridgehead atoms. The average Bonchev–Trinajstić information content (AvgIpc) is 1.59. The van der Waals surface area contributed by atoms with Crippen LogP contribution in [0.1, 0.15) is 291 Å². The maximum absolute atomic E-state index is 11.9. The van der Waals surface area contributed by atoms with Crippen LogP contribution in [-0.4, -0.2) is 75.1 Å². The maximum Gasteiger partial charge on any atom is 0.334 e. The Hall–Kier alpha value is -11.9. The number of hydrogen-bond acceptors (Lipinski definition) is 16. The van der Waals surface area contributed by atoms with Gasteiger partial charge >= 0.3 is 41.8 Å². The quantitative estimate of drug-likeness (QED) is 0.0276. The van der Waals surface area contributed by atoms with Crippen molar-refractivity contribution >= 4 is 41.8 Å². The van der Waals surface area contributed by atoms with Crippen LogP contribution >= 0.6 is 0 Å². The Balaban J connectivity index is 0.000000507. The van der Waals surface area contributed by atoms with Crippen LogP contribution in [0.5, 0.6) is 0 Å². The van der Waals surface area contributed by atoms with Gasteiger partial charge in [0, 0.05) is 82.8 Å². The zero-order chi connectivity index (χ0) is 101. The van der Waals surface area contributed by atoms with Gasteiger partial charge in [-0.1, -0.05) is 318 Å². The molecule has 0 heterocycles. The Bertz CT molecular complexity index is 4730. The standard InChI is InChI=1S/6C16H20O2.C7H8.C3H6O2.C2H3N.C2H6.CH3F.CH3NO2/c5*1-11(2)14(17)18-16(5)10-15(3,4)12-8-6-7-9-13(12)16;1-11(2)14(17)18-16(5)13-9-7-6-8-12(13)10-15(16,3)4;1-7-5-3-2-4-6-7;1-3(4)5-2;1-3-2;2*1-2;1-2(3)4/h6*6-9H,1,10H2,2-5H3;2-6H,1H3;1-2H3;1H3;1-2H3;1H3;1H3. The number of benzene rings is 7. The van der Waals surface area contributed by atoms with Crippen molar-refractivity contribution in [2.45, 2.75) is 293 Å². The fourth-order valence-corrected chi connectivity index (χ4v) is 17.9. The maximum atomic E-state index is 11.9. The number of alkyl halides is 1. The lowest BCUT2D eigenvalue weighted by Gasteiger charge is -2.38. The molecule has 6 atom stereocenters.